The van der Waals surface area contributed by atoms with Crippen LogP contribution < -0.4 is 4.74 Å². The number of rotatable bonds is 5. The maximum Gasteiger partial charge on any atom is 0.248 e. The van der Waals surface area contributed by atoms with E-state index in [4.69, 9.17) is 9.26 Å². The molecule has 1 aromatic carbocycles. The van der Waals surface area contributed by atoms with Crippen LogP contribution in [0.3, 0.4) is 0 Å². The monoisotopic (exact) mass is 414 g/mol. The number of hydrogen-bond donors (Lipinski definition) is 0. The molecule has 6 nitrogen and oxygen atoms in total. The average molecular weight is 415 g/mol. The highest BCUT2D eigenvalue weighted by Crippen LogP contribution is 2.33. The molecule has 0 saturated carbocycles. The Labute approximate surface area is 160 Å². The summed E-state index contributed by atoms with van der Waals surface area (Å²) in [4.78, 5) is 11.3. The third kappa shape index (κ3) is 3.50. The predicted molar refractivity (Wildman–Crippen MR) is 101 cm³/mol. The number of nitrogens with zero attached hydrogens (tertiary/aromatic N) is 4. The number of likely N-dealkylation sites (tertiary alicyclic amines) is 1. The minimum absolute atomic E-state index is 0.0394. The van der Waals surface area contributed by atoms with Crippen molar-refractivity contribution in [3.63, 3.8) is 0 Å². The maximum atomic E-state index is 5.67. The molecular weight excluding hydrogens is 396 g/mol. The lowest BCUT2D eigenvalue weighted by atomic mass is 10.1. The van der Waals surface area contributed by atoms with Crippen LogP contribution in [-0.2, 0) is 0 Å². The van der Waals surface area contributed by atoms with Crippen LogP contribution in [0.1, 0.15) is 30.3 Å². The fourth-order valence-electron chi connectivity index (χ4n) is 3.28. The van der Waals surface area contributed by atoms with Gasteiger partial charge in [-0.15, -0.1) is 0 Å². The first-order valence-corrected chi connectivity index (χ1v) is 9.37. The van der Waals surface area contributed by atoms with Crippen molar-refractivity contribution in [2.24, 2.45) is 0 Å². The Bertz CT molecular complexity index is 875. The van der Waals surface area contributed by atoms with Crippen LogP contribution >= 0.6 is 15.9 Å². The summed E-state index contributed by atoms with van der Waals surface area (Å²) >= 11 is 3.56. The molecule has 0 spiro atoms. The zero-order valence-corrected chi connectivity index (χ0v) is 16.0. The summed E-state index contributed by atoms with van der Waals surface area (Å²) in [6.07, 6.45) is 4.07. The van der Waals surface area contributed by atoms with Crippen LogP contribution in [0.2, 0.25) is 0 Å². The van der Waals surface area contributed by atoms with Crippen LogP contribution in [-0.4, -0.2) is 40.2 Å². The van der Waals surface area contributed by atoms with Gasteiger partial charge < -0.3 is 9.26 Å². The van der Waals surface area contributed by atoms with E-state index in [-0.39, 0.29) is 6.04 Å². The van der Waals surface area contributed by atoms with Crippen LogP contribution in [0, 0.1) is 0 Å². The van der Waals surface area contributed by atoms with Crippen molar-refractivity contribution in [3.8, 4) is 17.3 Å². The Hall–Kier alpha value is -2.25. The van der Waals surface area contributed by atoms with Gasteiger partial charge in [-0.05, 0) is 49.7 Å². The van der Waals surface area contributed by atoms with Crippen molar-refractivity contribution in [2.45, 2.75) is 18.9 Å². The first-order valence-electron chi connectivity index (χ1n) is 8.58. The second-order valence-electron chi connectivity index (χ2n) is 6.25. The molecule has 0 unspecified atom stereocenters. The Morgan fingerprint density at radius 2 is 2.04 bits per heavy atom. The smallest absolute Gasteiger partial charge is 0.248 e. The van der Waals surface area contributed by atoms with Gasteiger partial charge in [0.25, 0.3) is 0 Å². The molecule has 1 fully saturated rings. The standard InChI is InChI=1S/C19H19BrN4O2/c1-25-16-8-7-14(12-21-16)18-22-19(26-23-18)17(24-9-2-3-10-24)13-5-4-6-15(20)11-13/h4-8,11-12,17H,2-3,9-10H2,1H3/t17-/m0/s1. The summed E-state index contributed by atoms with van der Waals surface area (Å²) in [6, 6.07) is 11.9. The molecule has 1 aliphatic rings. The van der Waals surface area contributed by atoms with E-state index in [0.717, 1.165) is 28.7 Å². The van der Waals surface area contributed by atoms with Gasteiger partial charge in [0.05, 0.1) is 7.11 Å². The second-order valence-corrected chi connectivity index (χ2v) is 7.16. The molecule has 0 N–H and O–H groups in total. The van der Waals surface area contributed by atoms with Crippen molar-refractivity contribution in [3.05, 3.63) is 58.5 Å². The lowest BCUT2D eigenvalue weighted by Gasteiger charge is -2.24. The number of benzene rings is 1. The minimum atomic E-state index is -0.0394. The van der Waals surface area contributed by atoms with E-state index in [1.807, 2.05) is 18.2 Å². The fraction of sp³-hybridized carbons (Fsp3) is 0.316. The van der Waals surface area contributed by atoms with E-state index in [2.05, 4.69) is 48.1 Å². The molecule has 4 rings (SSSR count). The molecule has 1 atom stereocenters. The molecule has 2 aromatic heterocycles. The van der Waals surface area contributed by atoms with E-state index in [1.165, 1.54) is 12.8 Å². The summed E-state index contributed by atoms with van der Waals surface area (Å²) in [5.74, 6) is 1.70. The fourth-order valence-corrected chi connectivity index (χ4v) is 3.70. The summed E-state index contributed by atoms with van der Waals surface area (Å²) in [5, 5.41) is 4.18. The molecular formula is C19H19BrN4O2. The molecule has 0 radical (unpaired) electrons. The van der Waals surface area contributed by atoms with Crippen LogP contribution in [0.4, 0.5) is 0 Å². The van der Waals surface area contributed by atoms with Gasteiger partial charge in [0, 0.05) is 22.3 Å². The lowest BCUT2D eigenvalue weighted by molar-refractivity contribution is 0.225. The quantitative estimate of drug-likeness (QED) is 0.626. The van der Waals surface area contributed by atoms with Crippen molar-refractivity contribution in [2.75, 3.05) is 20.2 Å². The van der Waals surface area contributed by atoms with Gasteiger partial charge in [-0.2, -0.15) is 4.98 Å². The molecule has 3 aromatic rings. The van der Waals surface area contributed by atoms with Gasteiger partial charge in [-0.1, -0.05) is 33.2 Å². The largest absolute Gasteiger partial charge is 0.481 e. The normalized spacial score (nSPS) is 15.9. The van der Waals surface area contributed by atoms with Crippen molar-refractivity contribution in [1.29, 1.82) is 0 Å². The van der Waals surface area contributed by atoms with Gasteiger partial charge >= 0.3 is 0 Å². The SMILES string of the molecule is COc1ccc(-c2noc([C@H](c3cccc(Br)c3)N3CCCC3)n2)cn1. The molecule has 7 heteroatoms. The van der Waals surface area contributed by atoms with Gasteiger partial charge in [0.2, 0.25) is 17.6 Å². The highest BCUT2D eigenvalue weighted by molar-refractivity contribution is 9.10. The van der Waals surface area contributed by atoms with Crippen LogP contribution in [0.25, 0.3) is 11.4 Å². The zero-order chi connectivity index (χ0) is 17.9. The first kappa shape index (κ1) is 17.2. The van der Waals surface area contributed by atoms with Crippen molar-refractivity contribution < 1.29 is 9.26 Å². The Morgan fingerprint density at radius 1 is 1.19 bits per heavy atom. The predicted octanol–water partition coefficient (Wildman–Crippen LogP) is 4.09. The van der Waals surface area contributed by atoms with E-state index >= 15 is 0 Å². The first-order chi connectivity index (χ1) is 12.7. The number of hydrogen-bond acceptors (Lipinski definition) is 6. The van der Waals surface area contributed by atoms with Gasteiger partial charge in [0.15, 0.2) is 0 Å². The highest BCUT2D eigenvalue weighted by atomic mass is 79.9. The summed E-state index contributed by atoms with van der Waals surface area (Å²) in [6.45, 7) is 2.05. The molecule has 1 aliphatic heterocycles. The Balaban J connectivity index is 1.68. The van der Waals surface area contributed by atoms with Crippen molar-refractivity contribution >= 4 is 15.9 Å². The third-order valence-electron chi connectivity index (χ3n) is 4.55. The average Bonchev–Trinajstić information content (AvgIpc) is 3.35. The van der Waals surface area contributed by atoms with Crippen LogP contribution in [0.5, 0.6) is 5.88 Å². The van der Waals surface area contributed by atoms with Gasteiger partial charge in [-0.3, -0.25) is 4.90 Å². The van der Waals surface area contributed by atoms with Crippen LogP contribution in [0.15, 0.2) is 51.6 Å². The molecule has 1 saturated heterocycles. The van der Waals surface area contributed by atoms with E-state index in [9.17, 15) is 0 Å². The summed E-state index contributed by atoms with van der Waals surface area (Å²) in [7, 11) is 1.59. The maximum absolute atomic E-state index is 5.67. The molecule has 0 amide bonds. The minimum Gasteiger partial charge on any atom is -0.481 e. The van der Waals surface area contributed by atoms with Crippen molar-refractivity contribution in [1.82, 2.24) is 20.0 Å². The van der Waals surface area contributed by atoms with Gasteiger partial charge in [-0.25, -0.2) is 4.98 Å². The summed E-state index contributed by atoms with van der Waals surface area (Å²) < 4.78 is 11.8. The topological polar surface area (TPSA) is 64.3 Å². The molecule has 26 heavy (non-hydrogen) atoms. The lowest BCUT2D eigenvalue weighted by Crippen LogP contribution is -2.26. The molecule has 134 valence electrons. The highest BCUT2D eigenvalue weighted by Gasteiger charge is 2.30. The molecule has 0 aliphatic carbocycles. The van der Waals surface area contributed by atoms with E-state index in [1.54, 1.807) is 19.4 Å². The zero-order valence-electron chi connectivity index (χ0n) is 14.4. The Morgan fingerprint density at radius 3 is 2.73 bits per heavy atom. The number of pyridine rings is 1. The van der Waals surface area contributed by atoms with E-state index in [0.29, 0.717) is 17.6 Å². The van der Waals surface area contributed by atoms with E-state index < -0.39 is 0 Å². The Kier molecular flexibility index (Phi) is 4.99. The molecule has 3 heterocycles. The summed E-state index contributed by atoms with van der Waals surface area (Å²) in [5.41, 5.74) is 1.94. The number of aromatic nitrogens is 3. The number of halogens is 1. The second kappa shape index (κ2) is 7.55. The number of ether oxygens (including phenoxy) is 1. The number of methoxy groups -OCH3 is 1. The van der Waals surface area contributed by atoms with Gasteiger partial charge in [0.1, 0.15) is 6.04 Å². The third-order valence-corrected chi connectivity index (χ3v) is 5.04. The molecule has 0 bridgehead atoms.